The van der Waals surface area contributed by atoms with Crippen LogP contribution in [0.2, 0.25) is 0 Å². The van der Waals surface area contributed by atoms with Crippen molar-refractivity contribution in [2.75, 3.05) is 6.61 Å². The lowest BCUT2D eigenvalue weighted by Crippen LogP contribution is -2.12. The van der Waals surface area contributed by atoms with E-state index >= 15 is 0 Å². The van der Waals surface area contributed by atoms with Crippen molar-refractivity contribution in [3.63, 3.8) is 0 Å². The molecule has 0 amide bonds. The Bertz CT molecular complexity index is 374. The SMILES string of the molecule is CCCCCCc1ccccc1OC(=O)OCCC. The van der Waals surface area contributed by atoms with E-state index in [1.165, 1.54) is 19.3 Å². The topological polar surface area (TPSA) is 35.5 Å². The number of unbranched alkanes of at least 4 members (excludes halogenated alkanes) is 3. The molecule has 0 aromatic heterocycles. The summed E-state index contributed by atoms with van der Waals surface area (Å²) in [6.07, 6.45) is 5.94. The molecule has 0 saturated carbocycles. The number of para-hydroxylation sites is 1. The molecule has 0 saturated heterocycles. The zero-order valence-electron chi connectivity index (χ0n) is 12.0. The molecule has 0 bridgehead atoms. The third kappa shape index (κ3) is 6.27. The van der Waals surface area contributed by atoms with Crippen LogP contribution in [0.15, 0.2) is 24.3 Å². The molecule has 1 aromatic rings. The summed E-state index contributed by atoms with van der Waals surface area (Å²) in [5.41, 5.74) is 1.08. The molecule has 0 N–H and O–H groups in total. The molecule has 0 aliphatic rings. The average Bonchev–Trinajstić information content (AvgIpc) is 2.43. The Balaban J connectivity index is 2.50. The Hall–Kier alpha value is -1.51. The van der Waals surface area contributed by atoms with Crippen molar-refractivity contribution in [1.82, 2.24) is 0 Å². The van der Waals surface area contributed by atoms with E-state index in [9.17, 15) is 4.79 Å². The summed E-state index contributed by atoms with van der Waals surface area (Å²) < 4.78 is 10.2. The molecule has 0 unspecified atom stereocenters. The highest BCUT2D eigenvalue weighted by atomic mass is 16.7. The Labute approximate surface area is 115 Å². The number of ether oxygens (including phenoxy) is 2. The molecule has 0 spiro atoms. The molecular formula is C16H24O3. The lowest BCUT2D eigenvalue weighted by atomic mass is 10.1. The summed E-state index contributed by atoms with van der Waals surface area (Å²) in [6, 6.07) is 7.67. The molecule has 19 heavy (non-hydrogen) atoms. The molecule has 0 atom stereocenters. The molecule has 3 heteroatoms. The Morgan fingerprint density at radius 1 is 1.05 bits per heavy atom. The van der Waals surface area contributed by atoms with Gasteiger partial charge in [0.15, 0.2) is 0 Å². The van der Waals surface area contributed by atoms with E-state index in [4.69, 9.17) is 9.47 Å². The van der Waals surface area contributed by atoms with Crippen molar-refractivity contribution < 1.29 is 14.3 Å². The molecule has 3 nitrogen and oxygen atoms in total. The second-order valence-electron chi connectivity index (χ2n) is 4.62. The van der Waals surface area contributed by atoms with E-state index in [0.29, 0.717) is 12.4 Å². The predicted octanol–water partition coefficient (Wildman–Crippen LogP) is 4.73. The van der Waals surface area contributed by atoms with Gasteiger partial charge in [0, 0.05) is 0 Å². The van der Waals surface area contributed by atoms with Crippen molar-refractivity contribution in [3.8, 4) is 5.75 Å². The normalized spacial score (nSPS) is 10.2. The average molecular weight is 264 g/mol. The molecule has 1 aromatic carbocycles. The Morgan fingerprint density at radius 3 is 2.58 bits per heavy atom. The van der Waals surface area contributed by atoms with Crippen molar-refractivity contribution in [1.29, 1.82) is 0 Å². The number of hydrogen-bond acceptors (Lipinski definition) is 3. The second-order valence-corrected chi connectivity index (χ2v) is 4.62. The summed E-state index contributed by atoms with van der Waals surface area (Å²) in [4.78, 5) is 11.5. The first-order valence-corrected chi connectivity index (χ1v) is 7.20. The summed E-state index contributed by atoms with van der Waals surface area (Å²) >= 11 is 0. The summed E-state index contributed by atoms with van der Waals surface area (Å²) in [5.74, 6) is 0.625. The molecule has 0 aliphatic carbocycles. The molecular weight excluding hydrogens is 240 g/mol. The Morgan fingerprint density at radius 2 is 1.84 bits per heavy atom. The number of carbonyl (C=O) groups excluding carboxylic acids is 1. The minimum absolute atomic E-state index is 0.400. The van der Waals surface area contributed by atoms with Crippen LogP contribution >= 0.6 is 0 Å². The highest BCUT2D eigenvalue weighted by molar-refractivity contribution is 5.64. The third-order valence-corrected chi connectivity index (χ3v) is 2.89. The van der Waals surface area contributed by atoms with Gasteiger partial charge < -0.3 is 9.47 Å². The first-order chi connectivity index (χ1) is 9.27. The van der Waals surface area contributed by atoms with Crippen molar-refractivity contribution in [2.45, 2.75) is 52.4 Å². The van der Waals surface area contributed by atoms with Crippen LogP contribution in [-0.4, -0.2) is 12.8 Å². The molecule has 0 fully saturated rings. The van der Waals surface area contributed by atoms with Gasteiger partial charge in [-0.25, -0.2) is 4.79 Å². The number of rotatable bonds is 8. The summed E-state index contributed by atoms with van der Waals surface area (Å²) in [7, 11) is 0. The van der Waals surface area contributed by atoms with E-state index in [1.807, 2.05) is 31.2 Å². The molecule has 0 aliphatic heterocycles. The number of carbonyl (C=O) groups is 1. The predicted molar refractivity (Wildman–Crippen MR) is 76.6 cm³/mol. The quantitative estimate of drug-likeness (QED) is 0.386. The van der Waals surface area contributed by atoms with Crippen LogP contribution in [0, 0.1) is 0 Å². The van der Waals surface area contributed by atoms with Crippen LogP contribution in [-0.2, 0) is 11.2 Å². The van der Waals surface area contributed by atoms with Crippen molar-refractivity contribution >= 4 is 6.16 Å². The molecule has 106 valence electrons. The summed E-state index contributed by atoms with van der Waals surface area (Å²) in [5, 5.41) is 0. The number of benzene rings is 1. The van der Waals surface area contributed by atoms with Crippen LogP contribution in [0.4, 0.5) is 4.79 Å². The standard InChI is InChI=1S/C16H24O3/c1-3-5-6-7-10-14-11-8-9-12-15(14)19-16(17)18-13-4-2/h8-9,11-12H,3-7,10,13H2,1-2H3. The van der Waals surface area contributed by atoms with Gasteiger partial charge in [0.2, 0.25) is 0 Å². The smallest absolute Gasteiger partial charge is 0.434 e. The van der Waals surface area contributed by atoms with Gasteiger partial charge in [-0.1, -0.05) is 51.3 Å². The van der Waals surface area contributed by atoms with Gasteiger partial charge in [-0.05, 0) is 30.9 Å². The van der Waals surface area contributed by atoms with E-state index in [0.717, 1.165) is 24.8 Å². The van der Waals surface area contributed by atoms with Gasteiger partial charge in [-0.3, -0.25) is 0 Å². The fourth-order valence-electron chi connectivity index (χ4n) is 1.86. The largest absolute Gasteiger partial charge is 0.513 e. The fraction of sp³-hybridized carbons (Fsp3) is 0.562. The maximum Gasteiger partial charge on any atom is 0.513 e. The lowest BCUT2D eigenvalue weighted by Gasteiger charge is -2.09. The minimum Gasteiger partial charge on any atom is -0.434 e. The van der Waals surface area contributed by atoms with Gasteiger partial charge in [0.25, 0.3) is 0 Å². The first-order valence-electron chi connectivity index (χ1n) is 7.20. The van der Waals surface area contributed by atoms with Gasteiger partial charge >= 0.3 is 6.16 Å². The van der Waals surface area contributed by atoms with E-state index in [2.05, 4.69) is 6.92 Å². The highest BCUT2D eigenvalue weighted by Gasteiger charge is 2.09. The van der Waals surface area contributed by atoms with Crippen molar-refractivity contribution in [3.05, 3.63) is 29.8 Å². The maximum atomic E-state index is 11.5. The van der Waals surface area contributed by atoms with E-state index < -0.39 is 6.16 Å². The number of aryl methyl sites for hydroxylation is 1. The van der Waals surface area contributed by atoms with E-state index in [-0.39, 0.29) is 0 Å². The number of hydrogen-bond donors (Lipinski definition) is 0. The lowest BCUT2D eigenvalue weighted by molar-refractivity contribution is 0.0988. The highest BCUT2D eigenvalue weighted by Crippen LogP contribution is 2.21. The zero-order chi connectivity index (χ0) is 13.9. The minimum atomic E-state index is -0.608. The molecule has 0 heterocycles. The Kier molecular flexibility index (Phi) is 7.71. The monoisotopic (exact) mass is 264 g/mol. The molecule has 1 rings (SSSR count). The summed E-state index contributed by atoms with van der Waals surface area (Å²) in [6.45, 7) is 4.55. The van der Waals surface area contributed by atoms with Crippen LogP contribution in [0.25, 0.3) is 0 Å². The van der Waals surface area contributed by atoms with Gasteiger partial charge in [-0.2, -0.15) is 0 Å². The van der Waals surface area contributed by atoms with Crippen LogP contribution in [0.5, 0.6) is 5.75 Å². The fourth-order valence-corrected chi connectivity index (χ4v) is 1.86. The van der Waals surface area contributed by atoms with Gasteiger partial charge in [0.1, 0.15) is 5.75 Å². The third-order valence-electron chi connectivity index (χ3n) is 2.89. The van der Waals surface area contributed by atoms with Crippen LogP contribution in [0.3, 0.4) is 0 Å². The van der Waals surface area contributed by atoms with Crippen LogP contribution < -0.4 is 4.74 Å². The zero-order valence-corrected chi connectivity index (χ0v) is 12.0. The first kappa shape index (κ1) is 15.5. The van der Waals surface area contributed by atoms with E-state index in [1.54, 1.807) is 0 Å². The maximum absolute atomic E-state index is 11.5. The van der Waals surface area contributed by atoms with Crippen LogP contribution in [0.1, 0.15) is 51.5 Å². The van der Waals surface area contributed by atoms with Gasteiger partial charge in [-0.15, -0.1) is 0 Å². The van der Waals surface area contributed by atoms with Crippen molar-refractivity contribution in [2.24, 2.45) is 0 Å². The second kappa shape index (κ2) is 9.42. The van der Waals surface area contributed by atoms with Gasteiger partial charge in [0.05, 0.1) is 6.61 Å². The molecule has 0 radical (unpaired) electrons.